The fraction of sp³-hybridized carbons (Fsp3) is 0.550. The lowest BCUT2D eigenvalue weighted by Crippen LogP contribution is -2.42. The quantitative estimate of drug-likeness (QED) is 0.620. The monoisotopic (exact) mass is 391 g/mol. The van der Waals surface area contributed by atoms with Gasteiger partial charge in [0.1, 0.15) is 5.75 Å². The van der Waals surface area contributed by atoms with Gasteiger partial charge in [0.15, 0.2) is 0 Å². The van der Waals surface area contributed by atoms with Gasteiger partial charge in [0.05, 0.1) is 24.7 Å². The first-order chi connectivity index (χ1) is 12.8. The van der Waals surface area contributed by atoms with Crippen molar-refractivity contribution in [3.05, 3.63) is 29.3 Å². The van der Waals surface area contributed by atoms with Gasteiger partial charge in [-0.15, -0.1) is 11.8 Å². The molecular weight excluding hydrogens is 362 g/mol. The fourth-order valence-electron chi connectivity index (χ4n) is 2.65. The zero-order valence-electron chi connectivity index (χ0n) is 16.7. The molecule has 1 aromatic carbocycles. The van der Waals surface area contributed by atoms with E-state index in [4.69, 9.17) is 10.00 Å². The fourth-order valence-corrected chi connectivity index (χ4v) is 3.24. The van der Waals surface area contributed by atoms with Gasteiger partial charge in [-0.1, -0.05) is 19.9 Å². The number of hydrogen-bond donors (Lipinski definition) is 1. The smallest absolute Gasteiger partial charge is 0.251 e. The molecule has 0 fully saturated rings. The minimum absolute atomic E-state index is 0.00674. The van der Waals surface area contributed by atoms with E-state index in [2.05, 4.69) is 5.32 Å². The third kappa shape index (κ3) is 7.14. The largest absolute Gasteiger partial charge is 0.496 e. The van der Waals surface area contributed by atoms with Crippen LogP contribution in [-0.2, 0) is 4.79 Å². The molecule has 0 heterocycles. The lowest BCUT2D eigenvalue weighted by molar-refractivity contribution is -0.127. The Balaban J connectivity index is 2.68. The SMILES string of the molecule is COc1cccc(C(=O)NC(CCN(C)C(=O)CSCC#N)C(C)C)c1C. The van der Waals surface area contributed by atoms with Gasteiger partial charge in [0.25, 0.3) is 5.91 Å². The molecule has 7 heteroatoms. The van der Waals surface area contributed by atoms with Crippen LogP contribution in [0.3, 0.4) is 0 Å². The first-order valence-electron chi connectivity index (χ1n) is 8.94. The van der Waals surface area contributed by atoms with Crippen LogP contribution in [0.4, 0.5) is 0 Å². The Labute approximate surface area is 166 Å². The van der Waals surface area contributed by atoms with Gasteiger partial charge in [-0.2, -0.15) is 5.26 Å². The van der Waals surface area contributed by atoms with Gasteiger partial charge in [0.2, 0.25) is 5.91 Å². The molecule has 1 atom stereocenters. The van der Waals surface area contributed by atoms with Gasteiger partial charge in [0, 0.05) is 30.8 Å². The van der Waals surface area contributed by atoms with Gasteiger partial charge >= 0.3 is 0 Å². The molecule has 0 radical (unpaired) electrons. The zero-order chi connectivity index (χ0) is 20.4. The first kappa shape index (κ1) is 22.8. The van der Waals surface area contributed by atoms with E-state index in [1.54, 1.807) is 31.2 Å². The highest BCUT2D eigenvalue weighted by atomic mass is 32.2. The summed E-state index contributed by atoms with van der Waals surface area (Å²) in [6, 6.07) is 7.38. The van der Waals surface area contributed by atoms with Crippen LogP contribution in [-0.4, -0.2) is 55.0 Å². The molecule has 0 aromatic heterocycles. The number of carbonyl (C=O) groups is 2. The van der Waals surface area contributed by atoms with E-state index in [0.717, 1.165) is 5.56 Å². The van der Waals surface area contributed by atoms with Crippen molar-refractivity contribution in [2.24, 2.45) is 5.92 Å². The van der Waals surface area contributed by atoms with E-state index in [9.17, 15) is 9.59 Å². The maximum atomic E-state index is 12.7. The van der Waals surface area contributed by atoms with Crippen molar-refractivity contribution in [1.29, 1.82) is 5.26 Å². The predicted octanol–water partition coefficient (Wildman–Crippen LogP) is 2.86. The number of nitrogens with zero attached hydrogens (tertiary/aromatic N) is 2. The number of benzene rings is 1. The van der Waals surface area contributed by atoms with E-state index >= 15 is 0 Å². The molecule has 27 heavy (non-hydrogen) atoms. The van der Waals surface area contributed by atoms with Crippen LogP contribution >= 0.6 is 11.8 Å². The molecule has 148 valence electrons. The second-order valence-electron chi connectivity index (χ2n) is 6.71. The van der Waals surface area contributed by atoms with E-state index < -0.39 is 0 Å². The van der Waals surface area contributed by atoms with Gasteiger partial charge in [-0.3, -0.25) is 9.59 Å². The third-order valence-electron chi connectivity index (χ3n) is 4.46. The van der Waals surface area contributed by atoms with Crippen molar-refractivity contribution in [2.75, 3.05) is 32.2 Å². The van der Waals surface area contributed by atoms with E-state index in [1.807, 2.05) is 32.9 Å². The number of nitriles is 1. The van der Waals surface area contributed by atoms with Crippen LogP contribution in [0, 0.1) is 24.2 Å². The Bertz CT molecular complexity index is 686. The molecule has 1 rings (SSSR count). The van der Waals surface area contributed by atoms with Crippen LogP contribution < -0.4 is 10.1 Å². The van der Waals surface area contributed by atoms with Crippen molar-refractivity contribution in [3.63, 3.8) is 0 Å². The Kier molecular flexibility index (Phi) is 9.73. The molecule has 1 aromatic rings. The summed E-state index contributed by atoms with van der Waals surface area (Å²) in [7, 11) is 3.34. The summed E-state index contributed by atoms with van der Waals surface area (Å²) in [6.07, 6.45) is 0.664. The highest BCUT2D eigenvalue weighted by molar-refractivity contribution is 8.00. The standard InChI is InChI=1S/C20H29N3O3S/c1-14(2)17(9-11-23(4)19(24)13-27-12-10-21)22-20(25)16-7-6-8-18(26-5)15(16)3/h6-8,14,17H,9,11-13H2,1-5H3,(H,22,25). The summed E-state index contributed by atoms with van der Waals surface area (Å²) in [5.41, 5.74) is 1.40. The van der Waals surface area contributed by atoms with Crippen molar-refractivity contribution in [3.8, 4) is 11.8 Å². The Morgan fingerprint density at radius 3 is 2.67 bits per heavy atom. The second kappa shape index (κ2) is 11.5. The lowest BCUT2D eigenvalue weighted by Gasteiger charge is -2.26. The number of rotatable bonds is 10. The maximum absolute atomic E-state index is 12.7. The molecule has 0 saturated heterocycles. The lowest BCUT2D eigenvalue weighted by atomic mass is 9.99. The number of hydrogen-bond acceptors (Lipinski definition) is 5. The molecule has 0 spiro atoms. The normalized spacial score (nSPS) is 11.6. The molecule has 0 aliphatic carbocycles. The molecule has 0 bridgehead atoms. The van der Waals surface area contributed by atoms with Crippen molar-refractivity contribution >= 4 is 23.6 Å². The van der Waals surface area contributed by atoms with Crippen LogP contribution in [0.1, 0.15) is 36.2 Å². The Morgan fingerprint density at radius 1 is 1.37 bits per heavy atom. The summed E-state index contributed by atoms with van der Waals surface area (Å²) in [5.74, 6) is 1.38. The molecule has 1 unspecified atom stereocenters. The summed E-state index contributed by atoms with van der Waals surface area (Å²) in [6.45, 7) is 6.51. The number of nitrogens with one attached hydrogen (secondary N) is 1. The Morgan fingerprint density at radius 2 is 2.07 bits per heavy atom. The number of ether oxygens (including phenoxy) is 1. The molecule has 0 aliphatic heterocycles. The summed E-state index contributed by atoms with van der Waals surface area (Å²) in [5, 5.41) is 11.6. The number of amides is 2. The molecule has 2 amide bonds. The molecular formula is C20H29N3O3S. The highest BCUT2D eigenvalue weighted by Crippen LogP contribution is 2.21. The second-order valence-corrected chi connectivity index (χ2v) is 7.70. The number of thioether (sulfide) groups is 1. The number of carbonyl (C=O) groups excluding carboxylic acids is 2. The van der Waals surface area contributed by atoms with Gasteiger partial charge in [-0.05, 0) is 31.4 Å². The topological polar surface area (TPSA) is 82.4 Å². The van der Waals surface area contributed by atoms with E-state index in [0.29, 0.717) is 35.8 Å². The van der Waals surface area contributed by atoms with Crippen LogP contribution in [0.2, 0.25) is 0 Å². The maximum Gasteiger partial charge on any atom is 0.251 e. The van der Waals surface area contributed by atoms with Crippen LogP contribution in [0.25, 0.3) is 0 Å². The average Bonchev–Trinajstić information content (AvgIpc) is 2.64. The van der Waals surface area contributed by atoms with Gasteiger partial charge < -0.3 is 15.0 Å². The molecule has 6 nitrogen and oxygen atoms in total. The van der Waals surface area contributed by atoms with Crippen molar-refractivity contribution in [1.82, 2.24) is 10.2 Å². The van der Waals surface area contributed by atoms with Gasteiger partial charge in [-0.25, -0.2) is 0 Å². The van der Waals surface area contributed by atoms with Crippen molar-refractivity contribution in [2.45, 2.75) is 33.2 Å². The highest BCUT2D eigenvalue weighted by Gasteiger charge is 2.20. The molecule has 1 N–H and O–H groups in total. The zero-order valence-corrected chi connectivity index (χ0v) is 17.6. The minimum atomic E-state index is -0.136. The van der Waals surface area contributed by atoms with E-state index in [1.165, 1.54) is 11.8 Å². The van der Waals surface area contributed by atoms with Crippen LogP contribution in [0.15, 0.2) is 18.2 Å². The van der Waals surface area contributed by atoms with E-state index in [-0.39, 0.29) is 23.8 Å². The summed E-state index contributed by atoms with van der Waals surface area (Å²) >= 11 is 1.31. The van der Waals surface area contributed by atoms with Crippen LogP contribution in [0.5, 0.6) is 5.75 Å². The first-order valence-corrected chi connectivity index (χ1v) is 10.1. The predicted molar refractivity (Wildman–Crippen MR) is 109 cm³/mol. The summed E-state index contributed by atoms with van der Waals surface area (Å²) < 4.78 is 5.29. The minimum Gasteiger partial charge on any atom is -0.496 e. The Hall–Kier alpha value is -2.20. The van der Waals surface area contributed by atoms with Crippen molar-refractivity contribution < 1.29 is 14.3 Å². The molecule has 0 saturated carbocycles. The number of methoxy groups -OCH3 is 1. The third-order valence-corrected chi connectivity index (χ3v) is 5.25. The average molecular weight is 392 g/mol. The summed E-state index contributed by atoms with van der Waals surface area (Å²) in [4.78, 5) is 26.4. The molecule has 0 aliphatic rings.